The average Bonchev–Trinajstić information content (AvgIpc) is 2.39. The van der Waals surface area contributed by atoms with Crippen molar-refractivity contribution in [3.05, 3.63) is 17.9 Å². The van der Waals surface area contributed by atoms with Gasteiger partial charge >= 0.3 is 7.12 Å². The first-order valence-electron chi connectivity index (χ1n) is 7.01. The van der Waals surface area contributed by atoms with E-state index in [9.17, 15) is 19.5 Å². The molecule has 0 radical (unpaired) electrons. The molecule has 0 fully saturated rings. The summed E-state index contributed by atoms with van der Waals surface area (Å²) in [5.74, 6) is -1.63. The number of rotatable bonds is 8. The lowest BCUT2D eigenvalue weighted by molar-refractivity contribution is 0.206. The van der Waals surface area contributed by atoms with E-state index in [1.165, 1.54) is 12.5 Å². The van der Waals surface area contributed by atoms with E-state index in [1.54, 1.807) is 0 Å². The van der Waals surface area contributed by atoms with Gasteiger partial charge in [-0.25, -0.2) is 4.39 Å². The number of hydrogen-bond donors (Lipinski definition) is 3. The van der Waals surface area contributed by atoms with Crippen molar-refractivity contribution in [3.8, 4) is 11.5 Å². The molecular formula is C14H22BFO4. The molecule has 0 saturated carbocycles. The van der Waals surface area contributed by atoms with Gasteiger partial charge in [-0.2, -0.15) is 0 Å². The van der Waals surface area contributed by atoms with Crippen molar-refractivity contribution in [3.63, 3.8) is 0 Å². The van der Waals surface area contributed by atoms with Gasteiger partial charge in [-0.1, -0.05) is 26.2 Å². The van der Waals surface area contributed by atoms with Crippen molar-refractivity contribution in [1.82, 2.24) is 0 Å². The number of aromatic hydroxyl groups is 1. The lowest BCUT2D eigenvalue weighted by atomic mass is 9.79. The lowest BCUT2D eigenvalue weighted by Gasteiger charge is -2.18. The lowest BCUT2D eigenvalue weighted by Crippen LogP contribution is -2.35. The molecule has 0 aromatic heterocycles. The molecule has 112 valence electrons. The Bertz CT molecular complexity index is 426. The van der Waals surface area contributed by atoms with Crippen LogP contribution in [0.3, 0.4) is 0 Å². The van der Waals surface area contributed by atoms with Gasteiger partial charge in [-0.15, -0.1) is 0 Å². The summed E-state index contributed by atoms with van der Waals surface area (Å²) in [7, 11) is -2.02. The first-order valence-corrected chi connectivity index (χ1v) is 7.01. The molecular weight excluding hydrogens is 262 g/mol. The molecule has 0 aliphatic heterocycles. The van der Waals surface area contributed by atoms with Gasteiger partial charge in [0.05, 0.1) is 11.6 Å². The highest BCUT2D eigenvalue weighted by Crippen LogP contribution is 2.21. The Hall–Kier alpha value is -1.27. The second kappa shape index (κ2) is 8.12. The molecule has 0 spiro atoms. The van der Waals surface area contributed by atoms with Crippen molar-refractivity contribution < 1.29 is 24.3 Å². The zero-order chi connectivity index (χ0) is 15.1. The third-order valence-electron chi connectivity index (χ3n) is 3.17. The number of phenolic OH excluding ortho intramolecular Hbond substituents is 1. The highest BCUT2D eigenvalue weighted by molar-refractivity contribution is 6.60. The van der Waals surface area contributed by atoms with Gasteiger partial charge in [0, 0.05) is 0 Å². The maximum atomic E-state index is 13.7. The Balaban J connectivity index is 2.69. The summed E-state index contributed by atoms with van der Waals surface area (Å²) in [5.41, 5.74) is -0.426. The Morgan fingerprint density at radius 2 is 1.95 bits per heavy atom. The van der Waals surface area contributed by atoms with Gasteiger partial charge in [-0.05, 0) is 31.9 Å². The maximum Gasteiger partial charge on any atom is 0.495 e. The van der Waals surface area contributed by atoms with Crippen LogP contribution in [0.4, 0.5) is 4.39 Å². The molecule has 1 aromatic carbocycles. The number of hydrogen-bond acceptors (Lipinski definition) is 4. The fourth-order valence-corrected chi connectivity index (χ4v) is 2.04. The molecule has 6 heteroatoms. The van der Waals surface area contributed by atoms with E-state index in [-0.39, 0.29) is 11.9 Å². The highest BCUT2D eigenvalue weighted by atomic mass is 19.1. The molecule has 1 rings (SSSR count). The Morgan fingerprint density at radius 3 is 2.55 bits per heavy atom. The predicted octanol–water partition coefficient (Wildman–Crippen LogP) is 1.95. The minimum Gasteiger partial charge on any atom is -0.505 e. The minimum absolute atomic E-state index is 0.0540. The van der Waals surface area contributed by atoms with E-state index < -0.39 is 24.1 Å². The largest absolute Gasteiger partial charge is 0.505 e. The first-order chi connectivity index (χ1) is 9.47. The smallest absolute Gasteiger partial charge is 0.495 e. The van der Waals surface area contributed by atoms with Gasteiger partial charge < -0.3 is 19.9 Å². The van der Waals surface area contributed by atoms with Gasteiger partial charge in [-0.3, -0.25) is 0 Å². The molecule has 4 nitrogen and oxygen atoms in total. The Kier molecular flexibility index (Phi) is 6.81. The van der Waals surface area contributed by atoms with E-state index in [2.05, 4.69) is 6.92 Å². The number of halogens is 1. The topological polar surface area (TPSA) is 69.9 Å². The molecule has 20 heavy (non-hydrogen) atoms. The maximum absolute atomic E-state index is 13.7. The zero-order valence-electron chi connectivity index (χ0n) is 12.0. The predicted molar refractivity (Wildman–Crippen MR) is 76.7 cm³/mol. The summed E-state index contributed by atoms with van der Waals surface area (Å²) < 4.78 is 19.2. The summed E-state index contributed by atoms with van der Waals surface area (Å²) in [6.07, 6.45) is 5.09. The standard InChI is InChI=1S/C14H22BFO4/c1-3-4-5-6-7-10(2)20-12-9-8-11(17)14(16)13(12)15(18)19/h8-10,17-19H,3-7H2,1-2H3/t10-/m0/s1. The van der Waals surface area contributed by atoms with Crippen LogP contribution >= 0.6 is 0 Å². The van der Waals surface area contributed by atoms with Crippen LogP contribution in [0.1, 0.15) is 46.0 Å². The van der Waals surface area contributed by atoms with E-state index in [4.69, 9.17) is 4.74 Å². The first kappa shape index (κ1) is 16.8. The number of ether oxygens (including phenoxy) is 1. The normalized spacial score (nSPS) is 12.2. The van der Waals surface area contributed by atoms with Crippen LogP contribution in [-0.2, 0) is 0 Å². The molecule has 0 aliphatic carbocycles. The van der Waals surface area contributed by atoms with Crippen LogP contribution < -0.4 is 10.2 Å². The summed E-state index contributed by atoms with van der Waals surface area (Å²) in [4.78, 5) is 0. The molecule has 1 atom stereocenters. The van der Waals surface area contributed by atoms with Crippen LogP contribution in [0, 0.1) is 5.82 Å². The third kappa shape index (κ3) is 4.69. The van der Waals surface area contributed by atoms with Crippen molar-refractivity contribution in [2.45, 2.75) is 52.1 Å². The van der Waals surface area contributed by atoms with Crippen molar-refractivity contribution >= 4 is 12.6 Å². The number of unbranched alkanes of at least 4 members (excludes halogenated alkanes) is 3. The van der Waals surface area contributed by atoms with Crippen molar-refractivity contribution in [2.75, 3.05) is 0 Å². The third-order valence-corrected chi connectivity index (χ3v) is 3.17. The Labute approximate surface area is 119 Å². The van der Waals surface area contributed by atoms with Gasteiger partial charge in [0.25, 0.3) is 0 Å². The fourth-order valence-electron chi connectivity index (χ4n) is 2.04. The molecule has 0 saturated heterocycles. The van der Waals surface area contributed by atoms with Crippen molar-refractivity contribution in [2.24, 2.45) is 0 Å². The quantitative estimate of drug-likeness (QED) is 0.504. The van der Waals surface area contributed by atoms with Crippen LogP contribution in [0.2, 0.25) is 0 Å². The SMILES string of the molecule is CCCCCC[C@H](C)Oc1ccc(O)c(F)c1B(O)O. The molecule has 1 aromatic rings. The van der Waals surface area contributed by atoms with Gasteiger partial charge in [0.1, 0.15) is 5.75 Å². The zero-order valence-corrected chi connectivity index (χ0v) is 12.0. The van der Waals surface area contributed by atoms with Crippen LogP contribution in [0.5, 0.6) is 11.5 Å². The second-order valence-electron chi connectivity index (χ2n) is 4.96. The van der Waals surface area contributed by atoms with Crippen LogP contribution in [0.25, 0.3) is 0 Å². The summed E-state index contributed by atoms with van der Waals surface area (Å²) in [6, 6.07) is 2.48. The Morgan fingerprint density at radius 1 is 1.25 bits per heavy atom. The van der Waals surface area contributed by atoms with Gasteiger partial charge in [0.2, 0.25) is 0 Å². The van der Waals surface area contributed by atoms with Gasteiger partial charge in [0.15, 0.2) is 11.6 Å². The molecule has 0 heterocycles. The molecule has 3 N–H and O–H groups in total. The number of phenols is 1. The summed E-state index contributed by atoms with van der Waals surface area (Å²) in [5, 5.41) is 27.6. The van der Waals surface area contributed by atoms with E-state index in [1.807, 2.05) is 6.92 Å². The van der Waals surface area contributed by atoms with Crippen LogP contribution in [0.15, 0.2) is 12.1 Å². The molecule has 0 bridgehead atoms. The summed E-state index contributed by atoms with van der Waals surface area (Å²) >= 11 is 0. The minimum atomic E-state index is -2.02. The highest BCUT2D eigenvalue weighted by Gasteiger charge is 2.25. The number of benzene rings is 1. The second-order valence-corrected chi connectivity index (χ2v) is 4.96. The fraction of sp³-hybridized carbons (Fsp3) is 0.571. The molecule has 0 amide bonds. The monoisotopic (exact) mass is 284 g/mol. The summed E-state index contributed by atoms with van der Waals surface area (Å²) in [6.45, 7) is 3.98. The van der Waals surface area contributed by atoms with Crippen molar-refractivity contribution in [1.29, 1.82) is 0 Å². The average molecular weight is 284 g/mol. The molecule has 0 unspecified atom stereocenters. The van der Waals surface area contributed by atoms with E-state index >= 15 is 0 Å². The van der Waals surface area contributed by atoms with Crippen LogP contribution in [-0.4, -0.2) is 28.4 Å². The van der Waals surface area contributed by atoms with E-state index in [0.717, 1.165) is 31.7 Å². The van der Waals surface area contributed by atoms with E-state index in [0.29, 0.717) is 0 Å². The molecule has 0 aliphatic rings.